The van der Waals surface area contributed by atoms with Crippen LogP contribution in [0.25, 0.3) is 0 Å². The normalized spacial score (nSPS) is 12.3. The molecule has 0 aliphatic heterocycles. The smallest absolute Gasteiger partial charge is 0.189 e. The van der Waals surface area contributed by atoms with Crippen LogP contribution in [0.1, 0.15) is 11.1 Å². The molecule has 0 radical (unpaired) electrons. The van der Waals surface area contributed by atoms with Gasteiger partial charge in [-0.3, -0.25) is 4.18 Å². The van der Waals surface area contributed by atoms with Crippen LogP contribution in [0.15, 0.2) is 59.5 Å². The summed E-state index contributed by atoms with van der Waals surface area (Å²) >= 11 is -1.39. The van der Waals surface area contributed by atoms with E-state index in [1.54, 1.807) is 0 Å². The van der Waals surface area contributed by atoms with Crippen LogP contribution in [0.4, 0.5) is 0 Å². The molecule has 17 heavy (non-hydrogen) atoms. The van der Waals surface area contributed by atoms with Crippen molar-refractivity contribution in [2.45, 2.75) is 18.4 Å². The fourth-order valence-corrected chi connectivity index (χ4v) is 2.15. The van der Waals surface area contributed by atoms with Gasteiger partial charge in [0.2, 0.25) is 0 Å². The van der Waals surface area contributed by atoms with Crippen molar-refractivity contribution >= 4 is 11.1 Å². The lowest BCUT2D eigenvalue weighted by Crippen LogP contribution is -1.98. The van der Waals surface area contributed by atoms with Gasteiger partial charge in [-0.2, -0.15) is 0 Å². The minimum atomic E-state index is -1.39. The van der Waals surface area contributed by atoms with E-state index in [1.165, 1.54) is 0 Å². The maximum Gasteiger partial charge on any atom is 0.189 e. The zero-order chi connectivity index (χ0) is 12.1. The summed E-state index contributed by atoms with van der Waals surface area (Å²) in [5.41, 5.74) is 2.17. The maximum atomic E-state index is 11.8. The third kappa shape index (κ3) is 3.51. The van der Waals surface area contributed by atoms with Gasteiger partial charge in [-0.25, -0.2) is 4.21 Å². The van der Waals surface area contributed by atoms with E-state index in [-0.39, 0.29) is 0 Å². The third-order valence-corrected chi connectivity index (χ3v) is 3.38. The van der Waals surface area contributed by atoms with Crippen LogP contribution in [0.5, 0.6) is 0 Å². The van der Waals surface area contributed by atoms with Crippen molar-refractivity contribution < 1.29 is 8.39 Å². The molecule has 0 spiro atoms. The lowest BCUT2D eigenvalue weighted by Gasteiger charge is -2.04. The molecular weight excluding hydrogens is 232 g/mol. The Hall–Kier alpha value is -1.45. The Balaban J connectivity index is 1.96. The lowest BCUT2D eigenvalue weighted by atomic mass is 10.2. The molecular formula is C14H14O2S. The molecule has 0 saturated carbocycles. The van der Waals surface area contributed by atoms with E-state index in [2.05, 4.69) is 0 Å². The first kappa shape index (κ1) is 12.0. The monoisotopic (exact) mass is 246 g/mol. The van der Waals surface area contributed by atoms with Crippen molar-refractivity contribution in [3.63, 3.8) is 0 Å². The second kappa shape index (κ2) is 5.75. The molecule has 0 aliphatic carbocycles. The Morgan fingerprint density at radius 2 is 1.65 bits per heavy atom. The number of hydrogen-bond donors (Lipinski definition) is 0. The first-order valence-electron chi connectivity index (χ1n) is 5.41. The minimum absolute atomic E-state index is 0.362. The highest BCUT2D eigenvalue weighted by molar-refractivity contribution is 7.80. The van der Waals surface area contributed by atoms with Gasteiger partial charge in [0.15, 0.2) is 11.1 Å². The van der Waals surface area contributed by atoms with Crippen molar-refractivity contribution in [1.82, 2.24) is 0 Å². The molecule has 0 heterocycles. The van der Waals surface area contributed by atoms with Gasteiger partial charge in [0, 0.05) is 0 Å². The Morgan fingerprint density at radius 3 is 2.29 bits per heavy atom. The van der Waals surface area contributed by atoms with Gasteiger partial charge in [0.25, 0.3) is 0 Å². The molecule has 0 N–H and O–H groups in total. The largest absolute Gasteiger partial charge is 0.282 e. The maximum absolute atomic E-state index is 11.8. The standard InChI is InChI=1S/C14H14O2S/c1-12-7-9-14(10-8-12)17(15)16-11-13-5-3-2-4-6-13/h2-10H,11H2,1H3/t17-/m0/s1. The van der Waals surface area contributed by atoms with Crippen molar-refractivity contribution in [3.05, 3.63) is 65.7 Å². The molecule has 3 heteroatoms. The van der Waals surface area contributed by atoms with Crippen molar-refractivity contribution in [2.24, 2.45) is 0 Å². The highest BCUT2D eigenvalue weighted by Crippen LogP contribution is 2.11. The SMILES string of the molecule is Cc1ccc([S@@](=O)OCc2ccccc2)cc1. The second-order valence-corrected chi connectivity index (χ2v) is 4.97. The molecule has 0 unspecified atom stereocenters. The second-order valence-electron chi connectivity index (χ2n) is 3.80. The molecule has 0 aromatic heterocycles. The summed E-state index contributed by atoms with van der Waals surface area (Å²) in [5, 5.41) is 0. The van der Waals surface area contributed by atoms with Crippen LogP contribution >= 0.6 is 0 Å². The van der Waals surface area contributed by atoms with Crippen LogP contribution in [-0.4, -0.2) is 4.21 Å². The average molecular weight is 246 g/mol. The summed E-state index contributed by atoms with van der Waals surface area (Å²) in [6, 6.07) is 17.2. The van der Waals surface area contributed by atoms with Crippen LogP contribution in [0.3, 0.4) is 0 Å². The van der Waals surface area contributed by atoms with E-state index in [9.17, 15) is 4.21 Å². The predicted octanol–water partition coefficient (Wildman–Crippen LogP) is 3.23. The number of benzene rings is 2. The molecule has 2 aromatic rings. The summed E-state index contributed by atoms with van der Waals surface area (Å²) in [4.78, 5) is 0.700. The first-order valence-corrected chi connectivity index (χ1v) is 6.49. The molecule has 2 aromatic carbocycles. The molecule has 2 rings (SSSR count). The Morgan fingerprint density at radius 1 is 1.00 bits per heavy atom. The summed E-state index contributed by atoms with van der Waals surface area (Å²) in [6.07, 6.45) is 0. The molecule has 0 bridgehead atoms. The minimum Gasteiger partial charge on any atom is -0.282 e. The summed E-state index contributed by atoms with van der Waals surface area (Å²) in [5.74, 6) is 0. The predicted molar refractivity (Wildman–Crippen MR) is 68.8 cm³/mol. The Labute approximate surface area is 104 Å². The summed E-state index contributed by atoms with van der Waals surface area (Å²) < 4.78 is 17.1. The van der Waals surface area contributed by atoms with E-state index in [0.717, 1.165) is 11.1 Å². The van der Waals surface area contributed by atoms with Gasteiger partial charge in [-0.15, -0.1) is 0 Å². The van der Waals surface area contributed by atoms with E-state index >= 15 is 0 Å². The van der Waals surface area contributed by atoms with E-state index < -0.39 is 11.1 Å². The molecule has 0 saturated heterocycles. The molecule has 0 fully saturated rings. The summed E-state index contributed by atoms with van der Waals surface area (Å²) in [6.45, 7) is 2.36. The fraction of sp³-hybridized carbons (Fsp3) is 0.143. The van der Waals surface area contributed by atoms with Gasteiger partial charge >= 0.3 is 0 Å². The van der Waals surface area contributed by atoms with Gasteiger partial charge in [-0.05, 0) is 24.6 Å². The number of aryl methyl sites for hydroxylation is 1. The molecule has 2 nitrogen and oxygen atoms in total. The van der Waals surface area contributed by atoms with Crippen molar-refractivity contribution in [1.29, 1.82) is 0 Å². The number of rotatable bonds is 4. The highest BCUT2D eigenvalue weighted by atomic mass is 32.2. The van der Waals surface area contributed by atoms with Gasteiger partial charge in [-0.1, -0.05) is 48.0 Å². The van der Waals surface area contributed by atoms with Crippen LogP contribution < -0.4 is 0 Å². The zero-order valence-electron chi connectivity index (χ0n) is 9.63. The van der Waals surface area contributed by atoms with Crippen molar-refractivity contribution in [2.75, 3.05) is 0 Å². The fourth-order valence-electron chi connectivity index (χ4n) is 1.41. The van der Waals surface area contributed by atoms with E-state index in [4.69, 9.17) is 4.18 Å². The van der Waals surface area contributed by atoms with Crippen LogP contribution in [0, 0.1) is 6.92 Å². The van der Waals surface area contributed by atoms with Gasteiger partial charge < -0.3 is 0 Å². The van der Waals surface area contributed by atoms with Crippen LogP contribution in [0.2, 0.25) is 0 Å². The third-order valence-electron chi connectivity index (χ3n) is 2.39. The molecule has 1 atom stereocenters. The quantitative estimate of drug-likeness (QED) is 0.828. The Bertz CT molecular complexity index is 491. The lowest BCUT2D eigenvalue weighted by molar-refractivity contribution is 0.337. The Kier molecular flexibility index (Phi) is 4.07. The summed E-state index contributed by atoms with van der Waals surface area (Å²) in [7, 11) is 0. The van der Waals surface area contributed by atoms with Crippen LogP contribution in [-0.2, 0) is 21.9 Å². The van der Waals surface area contributed by atoms with Crippen molar-refractivity contribution in [3.8, 4) is 0 Å². The molecule has 0 amide bonds. The zero-order valence-corrected chi connectivity index (χ0v) is 10.4. The molecule has 88 valence electrons. The highest BCUT2D eigenvalue weighted by Gasteiger charge is 2.04. The molecule has 0 aliphatic rings. The van der Waals surface area contributed by atoms with Gasteiger partial charge in [0.1, 0.15) is 0 Å². The van der Waals surface area contributed by atoms with Gasteiger partial charge in [0.05, 0.1) is 11.5 Å². The number of hydrogen-bond acceptors (Lipinski definition) is 2. The first-order chi connectivity index (χ1) is 8.25. The topological polar surface area (TPSA) is 26.3 Å². The van der Waals surface area contributed by atoms with E-state index in [0.29, 0.717) is 11.5 Å². The van der Waals surface area contributed by atoms with E-state index in [1.807, 2.05) is 61.5 Å². The average Bonchev–Trinajstić information content (AvgIpc) is 2.38.